The van der Waals surface area contributed by atoms with E-state index in [1.807, 2.05) is 19.0 Å². The van der Waals surface area contributed by atoms with Gasteiger partial charge < -0.3 is 19.7 Å². The lowest BCUT2D eigenvalue weighted by Crippen LogP contribution is -2.47. The number of hydroxylamine groups is 3. The number of benzene rings is 1. The second-order valence-electron chi connectivity index (χ2n) is 9.24. The Hall–Kier alpha value is -3.32. The number of likely N-dealkylation sites (N-methyl/N-ethyl adjacent to an activating group) is 1. The van der Waals surface area contributed by atoms with Gasteiger partial charge in [-0.15, -0.1) is 28.5 Å². The molecular formula is C22H27F3N7O3+. The molecule has 0 unspecified atom stereocenters. The van der Waals surface area contributed by atoms with Gasteiger partial charge in [0.15, 0.2) is 17.4 Å². The smallest absolute Gasteiger partial charge is 0.486 e. The number of halogens is 3. The van der Waals surface area contributed by atoms with Crippen LogP contribution in [0.25, 0.3) is 17.0 Å². The standard InChI is InChI=1S/C22H27F3N7O3/c1-30-8-11-34-18-17(30)19(26-13-14-6-9-32(2,33)10-7-14)29-31-20(27-28-21(18)31)15-4-3-5-16(12-15)35-22(23,24)25/h3-5,12,14,33H,6-11,13H2,1-2H3,(H,26,29)/q+1. The maximum atomic E-state index is 12.7. The third-order valence-corrected chi connectivity index (χ3v) is 6.46. The predicted molar refractivity (Wildman–Crippen MR) is 121 cm³/mol. The summed E-state index contributed by atoms with van der Waals surface area (Å²) in [6, 6.07) is 5.54. The fraction of sp³-hybridized carbons (Fsp3) is 0.500. The fourth-order valence-corrected chi connectivity index (χ4v) is 4.51. The zero-order valence-electron chi connectivity index (χ0n) is 19.4. The number of nitrogens with one attached hydrogen (secondary N) is 1. The second-order valence-corrected chi connectivity index (χ2v) is 9.24. The van der Waals surface area contributed by atoms with Gasteiger partial charge in [-0.1, -0.05) is 12.1 Å². The molecule has 1 saturated heterocycles. The predicted octanol–water partition coefficient (Wildman–Crippen LogP) is 3.18. The number of rotatable bonds is 5. The SMILES string of the molecule is CN1CCOc2c1c(NCC1CC[N+](C)(O)CC1)nn1c(-c3cccc(OC(F)(F)F)c3)nnc21. The Labute approximate surface area is 199 Å². The van der Waals surface area contributed by atoms with E-state index in [2.05, 4.69) is 20.3 Å². The molecule has 2 aliphatic rings. The molecule has 1 fully saturated rings. The molecule has 5 rings (SSSR count). The number of quaternary nitrogens is 1. The first-order chi connectivity index (χ1) is 16.6. The van der Waals surface area contributed by atoms with Crippen LogP contribution in [0.2, 0.25) is 0 Å². The number of hydrogen-bond donors (Lipinski definition) is 2. The van der Waals surface area contributed by atoms with E-state index in [1.165, 1.54) is 22.7 Å². The van der Waals surface area contributed by atoms with Crippen LogP contribution in [0.4, 0.5) is 24.7 Å². The summed E-state index contributed by atoms with van der Waals surface area (Å²) in [7, 11) is 3.75. The van der Waals surface area contributed by atoms with Crippen LogP contribution in [0.3, 0.4) is 0 Å². The van der Waals surface area contributed by atoms with Crippen molar-refractivity contribution in [1.29, 1.82) is 0 Å². The number of ether oxygens (including phenoxy) is 2. The van der Waals surface area contributed by atoms with Gasteiger partial charge in [-0.2, -0.15) is 9.16 Å². The van der Waals surface area contributed by atoms with Crippen LogP contribution in [0.15, 0.2) is 24.3 Å². The van der Waals surface area contributed by atoms with Gasteiger partial charge in [0.2, 0.25) is 5.65 Å². The third kappa shape index (κ3) is 4.91. The zero-order chi connectivity index (χ0) is 24.8. The number of hydrogen-bond acceptors (Lipinski definition) is 8. The molecule has 2 N–H and O–H groups in total. The minimum atomic E-state index is -4.80. The highest BCUT2D eigenvalue weighted by Crippen LogP contribution is 2.40. The van der Waals surface area contributed by atoms with Gasteiger partial charge >= 0.3 is 6.36 Å². The van der Waals surface area contributed by atoms with Crippen LogP contribution < -0.4 is 19.7 Å². The molecule has 13 heteroatoms. The molecule has 35 heavy (non-hydrogen) atoms. The number of likely N-dealkylation sites (tertiary alicyclic amines) is 1. The van der Waals surface area contributed by atoms with Crippen LogP contribution in [-0.2, 0) is 0 Å². The van der Waals surface area contributed by atoms with Crippen molar-refractivity contribution in [1.82, 2.24) is 19.8 Å². The molecule has 0 amide bonds. The third-order valence-electron chi connectivity index (χ3n) is 6.46. The van der Waals surface area contributed by atoms with Gasteiger partial charge in [0.1, 0.15) is 31.1 Å². The maximum Gasteiger partial charge on any atom is 0.573 e. The number of alkyl halides is 3. The van der Waals surface area contributed by atoms with E-state index in [0.717, 1.165) is 18.5 Å². The summed E-state index contributed by atoms with van der Waals surface area (Å²) in [6.07, 6.45) is -3.05. The normalized spacial score (nSPS) is 22.6. The molecule has 4 heterocycles. The van der Waals surface area contributed by atoms with Crippen LogP contribution in [0.5, 0.6) is 11.5 Å². The average Bonchev–Trinajstić information content (AvgIpc) is 3.21. The number of nitrogens with zero attached hydrogens (tertiary/aromatic N) is 6. The van der Waals surface area contributed by atoms with E-state index in [0.29, 0.717) is 61.5 Å². The Morgan fingerprint density at radius 1 is 1.26 bits per heavy atom. The van der Waals surface area contributed by atoms with Crippen molar-refractivity contribution in [2.24, 2.45) is 5.92 Å². The lowest BCUT2D eigenvalue weighted by molar-refractivity contribution is -1.09. The molecule has 3 aromatic rings. The lowest BCUT2D eigenvalue weighted by atomic mass is 9.97. The molecule has 188 valence electrons. The number of fused-ring (bicyclic) bond motifs is 3. The van der Waals surface area contributed by atoms with E-state index in [1.54, 1.807) is 6.07 Å². The maximum absolute atomic E-state index is 12.7. The molecule has 0 aliphatic carbocycles. The Balaban J connectivity index is 1.50. The van der Waals surface area contributed by atoms with Gasteiger partial charge in [-0.25, -0.2) is 5.21 Å². The molecule has 0 spiro atoms. The number of piperidine rings is 1. The molecule has 2 aliphatic heterocycles. The summed E-state index contributed by atoms with van der Waals surface area (Å²) >= 11 is 0. The summed E-state index contributed by atoms with van der Waals surface area (Å²) in [5.74, 6) is 1.37. The summed E-state index contributed by atoms with van der Waals surface area (Å²) in [5.41, 5.74) is 1.50. The van der Waals surface area contributed by atoms with Gasteiger partial charge in [0.25, 0.3) is 0 Å². The quantitative estimate of drug-likeness (QED) is 0.522. The Morgan fingerprint density at radius 2 is 2.03 bits per heavy atom. The van der Waals surface area contributed by atoms with Gasteiger partial charge in [0.05, 0.1) is 13.6 Å². The Morgan fingerprint density at radius 3 is 2.77 bits per heavy atom. The van der Waals surface area contributed by atoms with Crippen LogP contribution in [-0.4, -0.2) is 82.9 Å². The summed E-state index contributed by atoms with van der Waals surface area (Å²) < 4.78 is 49.7. The lowest BCUT2D eigenvalue weighted by Gasteiger charge is -2.34. The van der Waals surface area contributed by atoms with Crippen molar-refractivity contribution >= 4 is 17.2 Å². The van der Waals surface area contributed by atoms with Crippen LogP contribution in [0.1, 0.15) is 12.8 Å². The number of anilines is 2. The van der Waals surface area contributed by atoms with E-state index in [9.17, 15) is 18.4 Å². The second kappa shape index (κ2) is 8.72. The highest BCUT2D eigenvalue weighted by atomic mass is 19.4. The van der Waals surface area contributed by atoms with Gasteiger partial charge in [-0.3, -0.25) is 0 Å². The first-order valence-corrected chi connectivity index (χ1v) is 11.4. The highest BCUT2D eigenvalue weighted by molar-refractivity contribution is 5.82. The largest absolute Gasteiger partial charge is 0.573 e. The monoisotopic (exact) mass is 494 g/mol. The topological polar surface area (TPSA) is 97.0 Å². The molecule has 2 aromatic heterocycles. The molecular weight excluding hydrogens is 467 g/mol. The minimum Gasteiger partial charge on any atom is -0.486 e. The summed E-state index contributed by atoms with van der Waals surface area (Å²) in [5, 5.41) is 26.8. The molecule has 0 saturated carbocycles. The Bertz CT molecular complexity index is 1220. The van der Waals surface area contributed by atoms with Crippen molar-refractivity contribution in [3.63, 3.8) is 0 Å². The molecule has 0 atom stereocenters. The first kappa shape index (κ1) is 23.4. The van der Waals surface area contributed by atoms with Crippen molar-refractivity contribution < 1.29 is 32.5 Å². The van der Waals surface area contributed by atoms with Crippen molar-refractivity contribution in [3.8, 4) is 22.9 Å². The van der Waals surface area contributed by atoms with E-state index < -0.39 is 6.36 Å². The zero-order valence-corrected chi connectivity index (χ0v) is 19.4. The molecule has 0 bridgehead atoms. The van der Waals surface area contributed by atoms with E-state index in [4.69, 9.17) is 9.84 Å². The van der Waals surface area contributed by atoms with Crippen LogP contribution >= 0.6 is 0 Å². The summed E-state index contributed by atoms with van der Waals surface area (Å²) in [4.78, 5) is 2.03. The Kier molecular flexibility index (Phi) is 5.83. The van der Waals surface area contributed by atoms with Gasteiger partial charge in [-0.05, 0) is 18.1 Å². The molecule has 0 radical (unpaired) electrons. The van der Waals surface area contributed by atoms with Crippen molar-refractivity contribution in [2.45, 2.75) is 19.2 Å². The highest BCUT2D eigenvalue weighted by Gasteiger charge is 2.32. The van der Waals surface area contributed by atoms with E-state index in [-0.39, 0.29) is 16.2 Å². The fourth-order valence-electron chi connectivity index (χ4n) is 4.51. The minimum absolute atomic E-state index is 0.0356. The van der Waals surface area contributed by atoms with Crippen molar-refractivity contribution in [2.75, 3.05) is 57.1 Å². The number of aromatic nitrogens is 4. The summed E-state index contributed by atoms with van der Waals surface area (Å²) in [6.45, 7) is 3.15. The average molecular weight is 494 g/mol. The first-order valence-electron chi connectivity index (χ1n) is 11.4. The molecule has 1 aromatic carbocycles. The van der Waals surface area contributed by atoms with Crippen LogP contribution in [0, 0.1) is 5.92 Å². The van der Waals surface area contributed by atoms with Gasteiger partial charge in [0, 0.05) is 32.0 Å². The molecule has 10 nitrogen and oxygen atoms in total. The van der Waals surface area contributed by atoms with Crippen molar-refractivity contribution in [3.05, 3.63) is 24.3 Å². The van der Waals surface area contributed by atoms with E-state index >= 15 is 0 Å².